The topological polar surface area (TPSA) is 9.23 Å². The van der Waals surface area contributed by atoms with Gasteiger partial charge >= 0.3 is 0 Å². The van der Waals surface area contributed by atoms with Gasteiger partial charge in [0.25, 0.3) is 0 Å². The number of fused-ring (bicyclic) bond motifs is 1. The fourth-order valence-corrected chi connectivity index (χ4v) is 5.42. The molecule has 0 saturated heterocycles. The van der Waals surface area contributed by atoms with Gasteiger partial charge in [-0.15, -0.1) is 0 Å². The molecule has 0 heterocycles. The first-order valence-corrected chi connectivity index (χ1v) is 11.7. The Bertz CT molecular complexity index is 1010. The number of hydrogen-bond donors (Lipinski definition) is 0. The lowest BCUT2D eigenvalue weighted by Gasteiger charge is -2.22. The summed E-state index contributed by atoms with van der Waals surface area (Å²) in [5.74, 6) is -3.52. The highest BCUT2D eigenvalue weighted by Gasteiger charge is 2.43. The molecule has 1 nitrogen and oxygen atoms in total. The number of rotatable bonds is 8. The van der Waals surface area contributed by atoms with Gasteiger partial charge in [-0.05, 0) is 79.2 Å². The molecule has 3 unspecified atom stereocenters. The highest BCUT2D eigenvalue weighted by molar-refractivity contribution is 5.71. The molecule has 0 N–H and O–H groups in total. The summed E-state index contributed by atoms with van der Waals surface area (Å²) in [4.78, 5) is 0. The second kappa shape index (κ2) is 9.68. The van der Waals surface area contributed by atoms with E-state index in [9.17, 15) is 17.6 Å². The summed E-state index contributed by atoms with van der Waals surface area (Å²) in [6.07, 6.45) is 8.03. The van der Waals surface area contributed by atoms with E-state index in [1.54, 1.807) is 25.1 Å². The van der Waals surface area contributed by atoms with Crippen LogP contribution in [0.4, 0.5) is 17.6 Å². The Morgan fingerprint density at radius 3 is 2.41 bits per heavy atom. The smallest absolute Gasteiger partial charge is 0.201 e. The third-order valence-corrected chi connectivity index (χ3v) is 7.15. The molecular weight excluding hydrogens is 416 g/mol. The minimum absolute atomic E-state index is 0.0125. The molecule has 4 rings (SSSR count). The maximum Gasteiger partial charge on any atom is 0.201 e. The van der Waals surface area contributed by atoms with E-state index in [0.717, 1.165) is 37.7 Å². The second-order valence-electron chi connectivity index (χ2n) is 9.10. The summed E-state index contributed by atoms with van der Waals surface area (Å²) in [7, 11) is 0. The van der Waals surface area contributed by atoms with Crippen molar-refractivity contribution in [2.45, 2.75) is 64.7 Å². The molecule has 2 aromatic carbocycles. The molecular formula is C27H30F4O. The summed E-state index contributed by atoms with van der Waals surface area (Å²) in [5.41, 5.74) is 1.71. The van der Waals surface area contributed by atoms with Gasteiger partial charge in [-0.3, -0.25) is 0 Å². The van der Waals surface area contributed by atoms with Crippen molar-refractivity contribution in [3.05, 3.63) is 70.3 Å². The Hall–Kier alpha value is -2.30. The van der Waals surface area contributed by atoms with Gasteiger partial charge in [-0.2, -0.15) is 4.39 Å². The van der Waals surface area contributed by atoms with Crippen molar-refractivity contribution in [3.8, 4) is 5.75 Å². The first-order valence-electron chi connectivity index (χ1n) is 11.7. The van der Waals surface area contributed by atoms with Gasteiger partial charge in [0.05, 0.1) is 6.61 Å². The minimum atomic E-state index is -0.955. The predicted octanol–water partition coefficient (Wildman–Crippen LogP) is 8.11. The number of hydrogen-bond acceptors (Lipinski definition) is 1. The van der Waals surface area contributed by atoms with Crippen molar-refractivity contribution in [3.63, 3.8) is 0 Å². The van der Waals surface area contributed by atoms with Crippen LogP contribution >= 0.6 is 0 Å². The lowest BCUT2D eigenvalue weighted by atomic mass is 9.83. The molecule has 1 fully saturated rings. The quantitative estimate of drug-likeness (QED) is 0.294. The molecule has 1 saturated carbocycles. The van der Waals surface area contributed by atoms with E-state index in [4.69, 9.17) is 4.74 Å². The zero-order valence-corrected chi connectivity index (χ0v) is 18.7. The van der Waals surface area contributed by atoms with Gasteiger partial charge in [-0.1, -0.05) is 44.4 Å². The Kier molecular flexibility index (Phi) is 6.92. The number of allylic oxidation sites excluding steroid dienone is 2. The fraction of sp³-hybridized carbons (Fsp3) is 0.481. The fourth-order valence-electron chi connectivity index (χ4n) is 5.42. The first kappa shape index (κ1) is 22.9. The molecule has 32 heavy (non-hydrogen) atoms. The predicted molar refractivity (Wildman–Crippen MR) is 119 cm³/mol. The summed E-state index contributed by atoms with van der Waals surface area (Å²) < 4.78 is 63.9. The van der Waals surface area contributed by atoms with Gasteiger partial charge < -0.3 is 4.74 Å². The van der Waals surface area contributed by atoms with Crippen molar-refractivity contribution >= 4 is 5.57 Å². The van der Waals surface area contributed by atoms with Crippen molar-refractivity contribution < 1.29 is 22.3 Å². The van der Waals surface area contributed by atoms with Crippen molar-refractivity contribution in [2.75, 3.05) is 6.61 Å². The number of benzene rings is 2. The molecule has 2 aliphatic rings. The molecule has 5 heteroatoms. The van der Waals surface area contributed by atoms with Crippen molar-refractivity contribution in [2.24, 2.45) is 11.8 Å². The Labute approximate surface area is 187 Å². The maximum atomic E-state index is 15.0. The average Bonchev–Trinajstić information content (AvgIpc) is 3.38. The van der Waals surface area contributed by atoms with Gasteiger partial charge in [0.1, 0.15) is 0 Å². The third kappa shape index (κ3) is 4.18. The molecule has 2 aromatic rings. The Balaban J connectivity index is 1.49. The van der Waals surface area contributed by atoms with Gasteiger partial charge in [-0.25, -0.2) is 13.2 Å². The summed E-state index contributed by atoms with van der Waals surface area (Å²) in [6.45, 7) is 4.02. The van der Waals surface area contributed by atoms with E-state index in [2.05, 4.69) is 6.92 Å². The number of unbranched alkanes of at least 4 members (excludes halogenated alkanes) is 3. The Morgan fingerprint density at radius 1 is 0.844 bits per heavy atom. The van der Waals surface area contributed by atoms with Crippen LogP contribution in [0.2, 0.25) is 0 Å². The number of halogens is 4. The van der Waals surface area contributed by atoms with E-state index >= 15 is 0 Å². The molecule has 0 bridgehead atoms. The SMILES string of the molecule is CCCCCCOc1ccc(C2=CCC3C2CCC3c2ccc(C)c(F)c2F)c(F)c1F. The van der Waals surface area contributed by atoms with E-state index < -0.39 is 23.3 Å². The van der Waals surface area contributed by atoms with E-state index in [1.807, 2.05) is 6.08 Å². The zero-order chi connectivity index (χ0) is 22.8. The average molecular weight is 447 g/mol. The number of aryl methyl sites for hydroxylation is 1. The molecule has 2 aliphatic carbocycles. The zero-order valence-electron chi connectivity index (χ0n) is 18.7. The van der Waals surface area contributed by atoms with Crippen LogP contribution in [0.25, 0.3) is 5.57 Å². The third-order valence-electron chi connectivity index (χ3n) is 7.15. The summed E-state index contributed by atoms with van der Waals surface area (Å²) in [5, 5.41) is 0. The second-order valence-corrected chi connectivity index (χ2v) is 9.10. The molecule has 172 valence electrons. The summed E-state index contributed by atoms with van der Waals surface area (Å²) in [6, 6.07) is 6.38. The molecule has 0 spiro atoms. The van der Waals surface area contributed by atoms with Crippen LogP contribution < -0.4 is 4.74 Å². The minimum Gasteiger partial charge on any atom is -0.490 e. The molecule has 0 radical (unpaired) electrons. The van der Waals surface area contributed by atoms with Crippen molar-refractivity contribution in [1.82, 2.24) is 0 Å². The molecule has 0 aliphatic heterocycles. The van der Waals surface area contributed by atoms with Crippen molar-refractivity contribution in [1.29, 1.82) is 0 Å². The van der Waals surface area contributed by atoms with Gasteiger partial charge in [0, 0.05) is 5.56 Å². The van der Waals surface area contributed by atoms with Crippen LogP contribution in [0.1, 0.15) is 74.5 Å². The molecule has 3 atom stereocenters. The van der Waals surface area contributed by atoms with Crippen LogP contribution in [-0.4, -0.2) is 6.61 Å². The molecule has 0 aromatic heterocycles. The van der Waals surface area contributed by atoms with E-state index in [0.29, 0.717) is 25.0 Å². The highest BCUT2D eigenvalue weighted by atomic mass is 19.2. The van der Waals surface area contributed by atoms with Crippen LogP contribution in [0.5, 0.6) is 5.75 Å². The Morgan fingerprint density at radius 2 is 1.62 bits per heavy atom. The monoisotopic (exact) mass is 446 g/mol. The highest BCUT2D eigenvalue weighted by Crippen LogP contribution is 2.55. The van der Waals surface area contributed by atoms with E-state index in [1.165, 1.54) is 6.07 Å². The van der Waals surface area contributed by atoms with Crippen LogP contribution in [-0.2, 0) is 0 Å². The maximum absolute atomic E-state index is 15.0. The first-order chi connectivity index (χ1) is 15.4. The largest absolute Gasteiger partial charge is 0.490 e. The normalized spacial score (nSPS) is 22.2. The van der Waals surface area contributed by atoms with Gasteiger partial charge in [0.15, 0.2) is 23.2 Å². The lowest BCUT2D eigenvalue weighted by Crippen LogP contribution is -2.13. The lowest BCUT2D eigenvalue weighted by molar-refractivity contribution is 0.285. The van der Waals surface area contributed by atoms with Crippen LogP contribution in [0, 0.1) is 42.0 Å². The van der Waals surface area contributed by atoms with Crippen LogP contribution in [0.15, 0.2) is 30.3 Å². The van der Waals surface area contributed by atoms with Gasteiger partial charge in [0.2, 0.25) is 5.82 Å². The number of ether oxygens (including phenoxy) is 1. The molecule has 0 amide bonds. The van der Waals surface area contributed by atoms with Crippen LogP contribution in [0.3, 0.4) is 0 Å². The standard InChI is InChI=1S/C27H30F4O/c1-3-4-5-6-15-32-23-14-13-22(26(30)27(23)31)20-12-10-17-18(20)9-11-19(17)21-8-7-16(2)24(28)25(21)29/h7-8,12-14,17-19H,3-6,9-11,15H2,1-2H3. The van der Waals surface area contributed by atoms with E-state index in [-0.39, 0.29) is 34.6 Å². The summed E-state index contributed by atoms with van der Waals surface area (Å²) >= 11 is 0.